The second kappa shape index (κ2) is 5.85. The highest BCUT2D eigenvalue weighted by Crippen LogP contribution is 2.24. The molecule has 1 saturated heterocycles. The molecule has 2 rings (SSSR count). The van der Waals surface area contributed by atoms with Crippen LogP contribution in [-0.2, 0) is 9.84 Å². The summed E-state index contributed by atoms with van der Waals surface area (Å²) in [5, 5.41) is 3.42. The fourth-order valence-electron chi connectivity index (χ4n) is 2.10. The highest BCUT2D eigenvalue weighted by Gasteiger charge is 2.16. The van der Waals surface area contributed by atoms with E-state index < -0.39 is 9.84 Å². The normalized spacial score (nSPS) is 20.6. The van der Waals surface area contributed by atoms with Gasteiger partial charge in [-0.1, -0.05) is 18.6 Å². The van der Waals surface area contributed by atoms with E-state index in [0.717, 1.165) is 18.5 Å². The highest BCUT2D eigenvalue weighted by atomic mass is 35.5. The monoisotopic (exact) mass is 275 g/mol. The van der Waals surface area contributed by atoms with Gasteiger partial charge in [0.1, 0.15) is 0 Å². The topological polar surface area (TPSA) is 46.2 Å². The number of nitrogens with one attached hydrogen (secondary N) is 1. The van der Waals surface area contributed by atoms with E-state index in [9.17, 15) is 8.42 Å². The van der Waals surface area contributed by atoms with Gasteiger partial charge in [0.05, 0.1) is 4.90 Å². The standard InChI is InChI=1S/C12H17NO2S.ClH/c1-16(14,15)11-6-4-5-10(9-11)12-7-2-3-8-13-12;/h4-6,9,12-13H,2-3,7-8H2,1H3;1H/t12-;/m0./s1. The summed E-state index contributed by atoms with van der Waals surface area (Å²) in [5.74, 6) is 0. The quantitative estimate of drug-likeness (QED) is 0.901. The van der Waals surface area contributed by atoms with Crippen LogP contribution in [0.25, 0.3) is 0 Å². The van der Waals surface area contributed by atoms with Crippen molar-refractivity contribution in [2.75, 3.05) is 12.8 Å². The molecule has 5 heteroatoms. The smallest absolute Gasteiger partial charge is 0.175 e. The Morgan fingerprint density at radius 1 is 1.29 bits per heavy atom. The Balaban J connectivity index is 0.00000144. The van der Waals surface area contributed by atoms with Gasteiger partial charge in [0.25, 0.3) is 0 Å². The summed E-state index contributed by atoms with van der Waals surface area (Å²) in [4.78, 5) is 0.414. The molecule has 1 aliphatic heterocycles. The maximum Gasteiger partial charge on any atom is 0.175 e. The molecular formula is C12H18ClNO2S. The molecular weight excluding hydrogens is 258 g/mol. The summed E-state index contributed by atoms with van der Waals surface area (Å²) < 4.78 is 22.9. The summed E-state index contributed by atoms with van der Waals surface area (Å²) >= 11 is 0. The second-order valence-electron chi connectivity index (χ2n) is 4.35. The molecule has 0 unspecified atom stereocenters. The molecule has 3 nitrogen and oxygen atoms in total. The molecule has 0 aromatic heterocycles. The molecule has 1 fully saturated rings. The van der Waals surface area contributed by atoms with Gasteiger partial charge in [-0.3, -0.25) is 0 Å². The minimum Gasteiger partial charge on any atom is -0.310 e. The number of sulfone groups is 1. The van der Waals surface area contributed by atoms with Crippen LogP contribution in [0.2, 0.25) is 0 Å². The van der Waals surface area contributed by atoms with Gasteiger partial charge in [-0.2, -0.15) is 0 Å². The van der Waals surface area contributed by atoms with Gasteiger partial charge in [-0.25, -0.2) is 8.42 Å². The third-order valence-electron chi connectivity index (χ3n) is 3.00. The maximum atomic E-state index is 11.4. The third-order valence-corrected chi connectivity index (χ3v) is 4.11. The van der Waals surface area contributed by atoms with E-state index in [2.05, 4.69) is 5.32 Å². The van der Waals surface area contributed by atoms with Gasteiger partial charge in [0, 0.05) is 12.3 Å². The molecule has 0 saturated carbocycles. The molecule has 0 amide bonds. The van der Waals surface area contributed by atoms with Gasteiger partial charge in [-0.05, 0) is 37.1 Å². The third kappa shape index (κ3) is 3.69. The Morgan fingerprint density at radius 2 is 2.06 bits per heavy atom. The van der Waals surface area contributed by atoms with Crippen LogP contribution in [0.5, 0.6) is 0 Å². The van der Waals surface area contributed by atoms with E-state index in [0.29, 0.717) is 10.9 Å². The number of halogens is 1. The van der Waals surface area contributed by atoms with E-state index in [1.165, 1.54) is 19.1 Å². The van der Waals surface area contributed by atoms with Crippen LogP contribution in [0.3, 0.4) is 0 Å². The van der Waals surface area contributed by atoms with Crippen molar-refractivity contribution in [2.24, 2.45) is 0 Å². The van der Waals surface area contributed by atoms with Crippen molar-refractivity contribution in [3.8, 4) is 0 Å². The lowest BCUT2D eigenvalue weighted by Crippen LogP contribution is -2.26. The second-order valence-corrected chi connectivity index (χ2v) is 6.36. The first kappa shape index (κ1) is 14.5. The zero-order valence-corrected chi connectivity index (χ0v) is 11.5. The number of benzene rings is 1. The molecule has 0 radical (unpaired) electrons. The van der Waals surface area contributed by atoms with Crippen molar-refractivity contribution in [1.29, 1.82) is 0 Å². The number of rotatable bonds is 2. The summed E-state index contributed by atoms with van der Waals surface area (Å²) in [7, 11) is -3.09. The van der Waals surface area contributed by atoms with E-state index in [4.69, 9.17) is 0 Å². The summed E-state index contributed by atoms with van der Waals surface area (Å²) in [6.07, 6.45) is 4.76. The van der Waals surface area contributed by atoms with Crippen molar-refractivity contribution in [2.45, 2.75) is 30.2 Å². The first-order valence-electron chi connectivity index (χ1n) is 5.61. The molecule has 1 N–H and O–H groups in total. The number of hydrogen-bond acceptors (Lipinski definition) is 3. The average molecular weight is 276 g/mol. The van der Waals surface area contributed by atoms with Gasteiger partial charge in [0.2, 0.25) is 0 Å². The number of piperidine rings is 1. The molecule has 17 heavy (non-hydrogen) atoms. The Morgan fingerprint density at radius 3 is 2.65 bits per heavy atom. The molecule has 0 bridgehead atoms. The maximum absolute atomic E-state index is 11.4. The SMILES string of the molecule is CS(=O)(=O)c1cccc([C@@H]2CCCCN2)c1.Cl. The lowest BCUT2D eigenvalue weighted by molar-refractivity contribution is 0.412. The van der Waals surface area contributed by atoms with Crippen molar-refractivity contribution < 1.29 is 8.42 Å². The predicted molar refractivity (Wildman–Crippen MR) is 71.4 cm³/mol. The Kier molecular flexibility index (Phi) is 4.98. The first-order valence-corrected chi connectivity index (χ1v) is 7.50. The van der Waals surface area contributed by atoms with Crippen molar-refractivity contribution in [3.63, 3.8) is 0 Å². The summed E-state index contributed by atoms with van der Waals surface area (Å²) in [6.45, 7) is 1.02. The molecule has 0 spiro atoms. The average Bonchev–Trinajstić information content (AvgIpc) is 2.29. The fraction of sp³-hybridized carbons (Fsp3) is 0.500. The minimum atomic E-state index is -3.09. The van der Waals surface area contributed by atoms with Gasteiger partial charge >= 0.3 is 0 Å². The van der Waals surface area contributed by atoms with Crippen molar-refractivity contribution in [1.82, 2.24) is 5.32 Å². The molecule has 1 atom stereocenters. The highest BCUT2D eigenvalue weighted by molar-refractivity contribution is 7.90. The Bertz CT molecular complexity index is 467. The lowest BCUT2D eigenvalue weighted by Gasteiger charge is -2.24. The molecule has 1 aromatic rings. The van der Waals surface area contributed by atoms with Crippen LogP contribution in [-0.4, -0.2) is 21.2 Å². The summed E-state index contributed by atoms with van der Waals surface area (Å²) in [6, 6.07) is 7.58. The van der Waals surface area contributed by atoms with Crippen LogP contribution >= 0.6 is 12.4 Å². The fourth-order valence-corrected chi connectivity index (χ4v) is 2.77. The van der Waals surface area contributed by atoms with Gasteiger partial charge in [0.15, 0.2) is 9.84 Å². The lowest BCUT2D eigenvalue weighted by atomic mass is 9.98. The van der Waals surface area contributed by atoms with Crippen LogP contribution in [0.1, 0.15) is 30.9 Å². The van der Waals surface area contributed by atoms with Crippen molar-refractivity contribution in [3.05, 3.63) is 29.8 Å². The number of hydrogen-bond donors (Lipinski definition) is 1. The Labute approximate surface area is 109 Å². The van der Waals surface area contributed by atoms with E-state index >= 15 is 0 Å². The van der Waals surface area contributed by atoms with Crippen LogP contribution in [0.15, 0.2) is 29.2 Å². The molecule has 0 aliphatic carbocycles. The molecule has 1 heterocycles. The Hall–Kier alpha value is -0.580. The molecule has 1 aromatic carbocycles. The van der Waals surface area contributed by atoms with E-state index in [1.807, 2.05) is 12.1 Å². The predicted octanol–water partition coefficient (Wildman–Crippen LogP) is 2.33. The van der Waals surface area contributed by atoms with E-state index in [1.54, 1.807) is 12.1 Å². The first-order chi connectivity index (χ1) is 7.57. The zero-order chi connectivity index (χ0) is 11.6. The zero-order valence-electron chi connectivity index (χ0n) is 9.85. The summed E-state index contributed by atoms with van der Waals surface area (Å²) in [5.41, 5.74) is 1.09. The molecule has 96 valence electrons. The van der Waals surface area contributed by atoms with Crippen molar-refractivity contribution >= 4 is 22.2 Å². The van der Waals surface area contributed by atoms with Gasteiger partial charge < -0.3 is 5.32 Å². The van der Waals surface area contributed by atoms with Gasteiger partial charge in [-0.15, -0.1) is 12.4 Å². The molecule has 1 aliphatic rings. The van der Waals surface area contributed by atoms with Crippen LogP contribution < -0.4 is 5.32 Å². The largest absolute Gasteiger partial charge is 0.310 e. The minimum absolute atomic E-state index is 0. The van der Waals surface area contributed by atoms with E-state index in [-0.39, 0.29) is 12.4 Å². The van der Waals surface area contributed by atoms with Crippen LogP contribution in [0.4, 0.5) is 0 Å². The van der Waals surface area contributed by atoms with Crippen LogP contribution in [0, 0.1) is 0 Å².